The number of hydrogen-bond donors (Lipinski definition) is 2. The molecule has 0 fully saturated rings. The van der Waals surface area contributed by atoms with Crippen molar-refractivity contribution in [3.8, 4) is 0 Å². The van der Waals surface area contributed by atoms with Crippen LogP contribution in [-0.2, 0) is 0 Å². The summed E-state index contributed by atoms with van der Waals surface area (Å²) in [6.45, 7) is 12.6. The summed E-state index contributed by atoms with van der Waals surface area (Å²) in [5.41, 5.74) is 0.192. The predicted molar refractivity (Wildman–Crippen MR) is 304 cm³/mol. The van der Waals surface area contributed by atoms with E-state index in [4.69, 9.17) is 0 Å². The molecule has 0 aliphatic carbocycles. The summed E-state index contributed by atoms with van der Waals surface area (Å²) in [6, 6.07) is 0. The lowest BCUT2D eigenvalue weighted by molar-refractivity contribution is -0.978. The minimum absolute atomic E-state index is 0. The number of halogens is 1. The first-order valence-corrected chi connectivity index (χ1v) is 32.2. The van der Waals surface area contributed by atoms with E-state index in [0.29, 0.717) is 0 Å². The van der Waals surface area contributed by atoms with Crippen LogP contribution in [0.15, 0.2) is 0 Å². The Hall–Kier alpha value is 0.360. The van der Waals surface area contributed by atoms with Gasteiger partial charge in [-0.2, -0.15) is 0 Å². The van der Waals surface area contributed by atoms with Crippen molar-refractivity contribution in [2.24, 2.45) is 0 Å². The first kappa shape index (κ1) is 70.4. The van der Waals surface area contributed by atoms with Gasteiger partial charge in [-0.25, -0.2) is 0 Å². The molecule has 0 aromatic rings. The zero-order chi connectivity index (χ0) is 48.7. The Morgan fingerprint density at radius 1 is 0.221 bits per heavy atom. The highest BCUT2D eigenvalue weighted by Crippen LogP contribution is 2.41. The second kappa shape index (κ2) is 58.3. The van der Waals surface area contributed by atoms with Crippen LogP contribution in [-0.4, -0.2) is 53.1 Å². The summed E-state index contributed by atoms with van der Waals surface area (Å²) in [5, 5.41) is 21.8. The second-order valence-electron chi connectivity index (χ2n) is 22.9. The summed E-state index contributed by atoms with van der Waals surface area (Å²) in [4.78, 5) is 0. The molecule has 0 saturated heterocycles. The molecule has 0 aromatic heterocycles. The third-order valence-electron chi connectivity index (χ3n) is 16.7. The van der Waals surface area contributed by atoms with Crippen LogP contribution in [0.4, 0.5) is 0 Å². The van der Waals surface area contributed by atoms with E-state index in [-0.39, 0.29) is 35.7 Å². The van der Waals surface area contributed by atoms with Gasteiger partial charge in [0.1, 0.15) is 13.1 Å². The van der Waals surface area contributed by atoms with Gasteiger partial charge in [-0.15, -0.1) is 0 Å². The van der Waals surface area contributed by atoms with Crippen molar-refractivity contribution >= 4 is 0 Å². The fraction of sp³-hybridized carbons (Fsp3) is 1.00. The van der Waals surface area contributed by atoms with Crippen LogP contribution in [0.2, 0.25) is 0 Å². The van der Waals surface area contributed by atoms with E-state index in [1.807, 2.05) is 0 Å². The quantitative estimate of drug-likeness (QED) is 0.0471. The molecule has 0 unspecified atom stereocenters. The standard InChI is InChI=1S/C64H132NO2.BrH/c1-5-9-13-17-21-25-28-30-32-34-36-38-41-45-49-53-57-64(56-52-48-44-40-24-20-16-12-8-4,58-54-50-46-42-39-37-35-33-31-29-26-22-18-14-10-6-2)65(60-62-66,61-63-67)59-55-51-47-43-27-23-19-15-11-7-3;/h66-67H,5-63H2,1-4H3;1H/q+1;/p-1. The molecule has 3 nitrogen and oxygen atoms in total. The lowest BCUT2D eigenvalue weighted by Gasteiger charge is -2.54. The largest absolute Gasteiger partial charge is 1.00 e. The molecule has 0 saturated carbocycles. The number of nitrogens with zero attached hydrogens (tertiary/aromatic N) is 1. The van der Waals surface area contributed by atoms with E-state index in [0.717, 1.165) is 24.1 Å². The first-order chi connectivity index (χ1) is 33.1. The van der Waals surface area contributed by atoms with Crippen LogP contribution in [0.3, 0.4) is 0 Å². The Morgan fingerprint density at radius 2 is 0.382 bits per heavy atom. The van der Waals surface area contributed by atoms with E-state index in [1.54, 1.807) is 0 Å². The number of unbranched alkanes of at least 4 members (excludes halogenated alkanes) is 47. The second-order valence-corrected chi connectivity index (χ2v) is 22.9. The summed E-state index contributed by atoms with van der Waals surface area (Å²) in [6.07, 6.45) is 75.6. The molecule has 0 aliphatic rings. The highest BCUT2D eigenvalue weighted by Gasteiger charge is 2.48. The van der Waals surface area contributed by atoms with Gasteiger partial charge >= 0.3 is 0 Å². The normalized spacial score (nSPS) is 12.1. The van der Waals surface area contributed by atoms with E-state index < -0.39 is 0 Å². The highest BCUT2D eigenvalue weighted by molar-refractivity contribution is 4.84. The van der Waals surface area contributed by atoms with Gasteiger partial charge in [0.25, 0.3) is 0 Å². The monoisotopic (exact) mass is 1030 g/mol. The van der Waals surface area contributed by atoms with Gasteiger partial charge < -0.3 is 31.7 Å². The molecule has 0 aliphatic heterocycles. The van der Waals surface area contributed by atoms with Crippen molar-refractivity contribution in [3.05, 3.63) is 0 Å². The number of aliphatic hydroxyl groups excluding tert-OH is 2. The van der Waals surface area contributed by atoms with E-state index >= 15 is 0 Å². The molecule has 0 radical (unpaired) electrons. The summed E-state index contributed by atoms with van der Waals surface area (Å²) in [5.74, 6) is 0. The maximum absolute atomic E-state index is 10.9. The summed E-state index contributed by atoms with van der Waals surface area (Å²) in [7, 11) is 0. The average molecular weight is 1030 g/mol. The Balaban J connectivity index is 0. The van der Waals surface area contributed by atoms with E-state index in [9.17, 15) is 10.2 Å². The van der Waals surface area contributed by atoms with Crippen LogP contribution >= 0.6 is 0 Å². The fourth-order valence-electron chi connectivity index (χ4n) is 12.2. The molecule has 2 N–H and O–H groups in total. The van der Waals surface area contributed by atoms with Gasteiger partial charge in [-0.3, -0.25) is 0 Å². The lowest BCUT2D eigenvalue weighted by Crippen LogP contribution is -3.00. The number of hydrogen-bond acceptors (Lipinski definition) is 2. The van der Waals surface area contributed by atoms with Crippen molar-refractivity contribution in [2.75, 3.05) is 32.8 Å². The van der Waals surface area contributed by atoms with Crippen molar-refractivity contribution < 1.29 is 31.7 Å². The summed E-state index contributed by atoms with van der Waals surface area (Å²) < 4.78 is 0.992. The highest BCUT2D eigenvalue weighted by atomic mass is 79.9. The molecule has 4 heteroatoms. The minimum atomic E-state index is 0. The molecule has 0 atom stereocenters. The van der Waals surface area contributed by atoms with Crippen LogP contribution in [0.5, 0.6) is 0 Å². The zero-order valence-corrected chi connectivity index (χ0v) is 49.5. The van der Waals surface area contributed by atoms with Gasteiger partial charge in [0, 0.05) is 19.3 Å². The maximum atomic E-state index is 10.9. The van der Waals surface area contributed by atoms with Crippen molar-refractivity contribution in [3.63, 3.8) is 0 Å². The van der Waals surface area contributed by atoms with Gasteiger partial charge in [0.05, 0.1) is 25.3 Å². The molecule has 0 heterocycles. The topological polar surface area (TPSA) is 40.5 Å². The van der Waals surface area contributed by atoms with Gasteiger partial charge in [-0.05, 0) is 32.1 Å². The molecule has 0 amide bonds. The van der Waals surface area contributed by atoms with Crippen molar-refractivity contribution in [1.29, 1.82) is 0 Å². The molecule has 0 bridgehead atoms. The van der Waals surface area contributed by atoms with Gasteiger partial charge in [0.15, 0.2) is 0 Å². The Morgan fingerprint density at radius 3 is 0.559 bits per heavy atom. The van der Waals surface area contributed by atoms with Gasteiger partial charge in [0.2, 0.25) is 0 Å². The number of rotatable bonds is 60. The van der Waals surface area contributed by atoms with Crippen LogP contribution in [0, 0.1) is 0 Å². The van der Waals surface area contributed by atoms with Gasteiger partial charge in [-0.1, -0.05) is 323 Å². The molecular weight excluding hydrogens is 895 g/mol. The summed E-state index contributed by atoms with van der Waals surface area (Å²) >= 11 is 0. The SMILES string of the molecule is CCCCCCCCCCCCCCCCCCC(CCCCCCCCCCC)(CCCCCCCCCCCCCCCCCC)[N+](CCO)(CCO)CCCCCCCCCCCC.[Br-]. The molecule has 0 aromatic carbocycles. The van der Waals surface area contributed by atoms with Crippen LogP contribution in [0.1, 0.15) is 374 Å². The number of quaternary nitrogens is 1. The van der Waals surface area contributed by atoms with E-state index in [1.165, 1.54) is 347 Å². The lowest BCUT2D eigenvalue weighted by atomic mass is 9.77. The average Bonchev–Trinajstić information content (AvgIpc) is 3.33. The maximum Gasteiger partial charge on any atom is 0.103 e. The van der Waals surface area contributed by atoms with Crippen molar-refractivity contribution in [1.82, 2.24) is 0 Å². The smallest absolute Gasteiger partial charge is 0.103 e. The Bertz CT molecular complexity index is 855. The van der Waals surface area contributed by atoms with Crippen molar-refractivity contribution in [2.45, 2.75) is 380 Å². The Kier molecular flexibility index (Phi) is 60.3. The zero-order valence-electron chi connectivity index (χ0n) is 47.9. The molecule has 412 valence electrons. The van der Waals surface area contributed by atoms with E-state index in [2.05, 4.69) is 27.7 Å². The molecule has 68 heavy (non-hydrogen) atoms. The first-order valence-electron chi connectivity index (χ1n) is 32.2. The fourth-order valence-corrected chi connectivity index (χ4v) is 12.2. The molecule has 0 spiro atoms. The molecular formula is C64H132BrNO2. The Labute approximate surface area is 442 Å². The third kappa shape index (κ3) is 43.9. The third-order valence-corrected chi connectivity index (χ3v) is 16.7. The number of aliphatic hydroxyl groups is 2. The van der Waals surface area contributed by atoms with Crippen LogP contribution < -0.4 is 17.0 Å². The molecule has 0 rings (SSSR count). The minimum Gasteiger partial charge on any atom is -1.00 e. The predicted octanol–water partition coefficient (Wildman–Crippen LogP) is 18.7. The van der Waals surface area contributed by atoms with Crippen LogP contribution in [0.25, 0.3) is 0 Å².